The van der Waals surface area contributed by atoms with Gasteiger partial charge in [0.2, 0.25) is 5.91 Å². The molecule has 7 nitrogen and oxygen atoms in total. The van der Waals surface area contributed by atoms with Gasteiger partial charge in [0.15, 0.2) is 11.0 Å². The monoisotopic (exact) mass is 487 g/mol. The molecule has 9 heteroatoms. The maximum atomic E-state index is 13.8. The van der Waals surface area contributed by atoms with E-state index in [1.807, 2.05) is 7.05 Å². The molecule has 0 saturated heterocycles. The van der Waals surface area contributed by atoms with Crippen molar-refractivity contribution in [3.8, 4) is 0 Å². The molecule has 0 atom stereocenters. The molecule has 1 aromatic heterocycles. The van der Waals surface area contributed by atoms with Crippen molar-refractivity contribution in [2.24, 2.45) is 7.05 Å². The summed E-state index contributed by atoms with van der Waals surface area (Å²) in [4.78, 5) is 27.9. The Balaban J connectivity index is 1.35. The van der Waals surface area contributed by atoms with Crippen LogP contribution >= 0.6 is 11.8 Å². The van der Waals surface area contributed by atoms with Crippen LogP contribution in [0.5, 0.6) is 0 Å². The number of amides is 2. The van der Waals surface area contributed by atoms with Gasteiger partial charge in [-0.25, -0.2) is 4.39 Å². The van der Waals surface area contributed by atoms with E-state index in [4.69, 9.17) is 0 Å². The molecule has 1 N–H and O–H groups in total. The first-order chi connectivity index (χ1) is 16.5. The van der Waals surface area contributed by atoms with Crippen LogP contribution in [0.4, 0.5) is 4.39 Å². The van der Waals surface area contributed by atoms with Crippen molar-refractivity contribution in [1.82, 2.24) is 25.0 Å². The molecule has 0 spiro atoms. The third-order valence-corrected chi connectivity index (χ3v) is 8.00. The van der Waals surface area contributed by atoms with E-state index in [-0.39, 0.29) is 18.0 Å². The number of rotatable bonds is 8. The Labute approximate surface area is 204 Å². The lowest BCUT2D eigenvalue weighted by Crippen LogP contribution is -2.49. The number of benzene rings is 1. The third kappa shape index (κ3) is 5.98. The molecule has 0 unspecified atom stereocenters. The van der Waals surface area contributed by atoms with Gasteiger partial charge in [0, 0.05) is 19.1 Å². The zero-order valence-electron chi connectivity index (χ0n) is 19.8. The fourth-order valence-electron chi connectivity index (χ4n) is 5.15. The Morgan fingerprint density at radius 3 is 2.26 bits per heavy atom. The van der Waals surface area contributed by atoms with E-state index in [0.717, 1.165) is 25.7 Å². The summed E-state index contributed by atoms with van der Waals surface area (Å²) in [5, 5.41) is 11.7. The maximum Gasteiger partial charge on any atom is 0.254 e. The molecule has 2 amide bonds. The van der Waals surface area contributed by atoms with Crippen molar-refractivity contribution in [1.29, 1.82) is 0 Å². The molecule has 2 fully saturated rings. The van der Waals surface area contributed by atoms with Crippen LogP contribution in [0.1, 0.15) is 80.4 Å². The Hall–Kier alpha value is -2.42. The number of hydrogen-bond donors (Lipinski definition) is 1. The summed E-state index contributed by atoms with van der Waals surface area (Å²) in [5.74, 6) is 0.0205. The van der Waals surface area contributed by atoms with Crippen molar-refractivity contribution in [2.45, 2.75) is 88.0 Å². The average molecular weight is 488 g/mol. The number of nitrogens with zero attached hydrogens (tertiary/aromatic N) is 4. The lowest BCUT2D eigenvalue weighted by Gasteiger charge is -2.41. The molecule has 2 aliphatic rings. The number of hydrogen-bond acceptors (Lipinski definition) is 5. The van der Waals surface area contributed by atoms with Gasteiger partial charge in [0.05, 0.1) is 17.9 Å². The first-order valence-electron chi connectivity index (χ1n) is 12.4. The number of carbonyl (C=O) groups is 2. The first kappa shape index (κ1) is 24.7. The van der Waals surface area contributed by atoms with Gasteiger partial charge in [-0.15, -0.1) is 10.2 Å². The summed E-state index contributed by atoms with van der Waals surface area (Å²) in [5.41, 5.74) is -0.00428. The minimum Gasteiger partial charge on any atom is -0.345 e. The summed E-state index contributed by atoms with van der Waals surface area (Å²) in [7, 11) is 1.82. The molecule has 34 heavy (non-hydrogen) atoms. The Morgan fingerprint density at radius 1 is 1.03 bits per heavy atom. The van der Waals surface area contributed by atoms with Crippen LogP contribution in [0.3, 0.4) is 0 Å². The van der Waals surface area contributed by atoms with Crippen LogP contribution in [-0.4, -0.2) is 49.3 Å². The second-order valence-electron chi connectivity index (χ2n) is 9.29. The Kier molecular flexibility index (Phi) is 8.59. The van der Waals surface area contributed by atoms with Crippen LogP contribution < -0.4 is 5.32 Å². The van der Waals surface area contributed by atoms with Gasteiger partial charge < -0.3 is 14.8 Å². The summed E-state index contributed by atoms with van der Waals surface area (Å²) < 4.78 is 15.6. The molecular weight excluding hydrogens is 453 g/mol. The van der Waals surface area contributed by atoms with Crippen molar-refractivity contribution in [2.75, 3.05) is 5.75 Å². The second kappa shape index (κ2) is 11.8. The molecule has 1 heterocycles. The molecule has 2 saturated carbocycles. The highest BCUT2D eigenvalue weighted by Gasteiger charge is 2.32. The topological polar surface area (TPSA) is 80.1 Å². The summed E-state index contributed by atoms with van der Waals surface area (Å²) in [6.07, 6.45) is 11.8. The standard InChI is InChI=1S/C25H34FN5O2S/c1-30-22(16-27-24(33)20-14-8-9-15-21(20)26)28-29-25(30)34-17-23(32)31(18-10-4-2-5-11-18)19-12-6-3-7-13-19/h8-9,14-15,18-19H,2-7,10-13,16-17H2,1H3,(H,27,33). The molecule has 2 aliphatic carbocycles. The van der Waals surface area contributed by atoms with E-state index < -0.39 is 11.7 Å². The van der Waals surface area contributed by atoms with Crippen LogP contribution in [0.15, 0.2) is 29.4 Å². The number of nitrogens with one attached hydrogen (secondary N) is 1. The highest BCUT2D eigenvalue weighted by molar-refractivity contribution is 7.99. The largest absolute Gasteiger partial charge is 0.345 e. The molecular formula is C25H34FN5O2S. The molecule has 4 rings (SSSR count). The quantitative estimate of drug-likeness (QED) is 0.556. The maximum absolute atomic E-state index is 13.8. The lowest BCUT2D eigenvalue weighted by atomic mass is 9.88. The van der Waals surface area contributed by atoms with Crippen molar-refractivity contribution < 1.29 is 14.0 Å². The number of carbonyl (C=O) groups excluding carboxylic acids is 2. The van der Waals surface area contributed by atoms with Gasteiger partial charge in [0.1, 0.15) is 5.82 Å². The lowest BCUT2D eigenvalue weighted by molar-refractivity contribution is -0.135. The van der Waals surface area contributed by atoms with E-state index in [2.05, 4.69) is 20.4 Å². The number of thioether (sulfide) groups is 1. The molecule has 2 aromatic rings. The van der Waals surface area contributed by atoms with Gasteiger partial charge >= 0.3 is 0 Å². The van der Waals surface area contributed by atoms with Crippen molar-refractivity contribution in [3.63, 3.8) is 0 Å². The fourth-order valence-corrected chi connectivity index (χ4v) is 5.95. The van der Waals surface area contributed by atoms with E-state index in [9.17, 15) is 14.0 Å². The van der Waals surface area contributed by atoms with Crippen molar-refractivity contribution in [3.05, 3.63) is 41.5 Å². The third-order valence-electron chi connectivity index (χ3n) is 7.00. The normalized spacial score (nSPS) is 17.5. The Morgan fingerprint density at radius 2 is 1.65 bits per heavy atom. The fraction of sp³-hybridized carbons (Fsp3) is 0.600. The van der Waals surface area contributed by atoms with E-state index in [0.29, 0.717) is 28.8 Å². The minimum atomic E-state index is -0.562. The summed E-state index contributed by atoms with van der Waals surface area (Å²) >= 11 is 1.39. The predicted octanol–water partition coefficient (Wildman–Crippen LogP) is 4.47. The molecule has 1 aromatic carbocycles. The molecule has 184 valence electrons. The Bertz CT molecular complexity index is 967. The SMILES string of the molecule is Cn1c(CNC(=O)c2ccccc2F)nnc1SCC(=O)N(C1CCCCC1)C1CCCCC1. The number of aromatic nitrogens is 3. The highest BCUT2D eigenvalue weighted by atomic mass is 32.2. The van der Waals surface area contributed by atoms with Gasteiger partial charge in [-0.2, -0.15) is 0 Å². The van der Waals surface area contributed by atoms with Gasteiger partial charge in [-0.3, -0.25) is 9.59 Å². The zero-order chi connectivity index (χ0) is 23.9. The van der Waals surface area contributed by atoms with Gasteiger partial charge in [0.25, 0.3) is 5.91 Å². The molecule has 0 aliphatic heterocycles. The van der Waals surface area contributed by atoms with Gasteiger partial charge in [-0.1, -0.05) is 62.4 Å². The van der Waals surface area contributed by atoms with E-state index in [1.54, 1.807) is 16.7 Å². The first-order valence-corrected chi connectivity index (χ1v) is 13.4. The zero-order valence-corrected chi connectivity index (χ0v) is 20.7. The smallest absolute Gasteiger partial charge is 0.254 e. The minimum absolute atomic E-state index is 0.00428. The average Bonchev–Trinajstić information content (AvgIpc) is 3.22. The second-order valence-corrected chi connectivity index (χ2v) is 10.2. The van der Waals surface area contributed by atoms with E-state index >= 15 is 0 Å². The van der Waals surface area contributed by atoms with Crippen LogP contribution in [0, 0.1) is 5.82 Å². The predicted molar refractivity (Wildman–Crippen MR) is 130 cm³/mol. The van der Waals surface area contributed by atoms with Gasteiger partial charge in [-0.05, 0) is 37.8 Å². The molecule has 0 bridgehead atoms. The van der Waals surface area contributed by atoms with Crippen LogP contribution in [0.25, 0.3) is 0 Å². The van der Waals surface area contributed by atoms with Crippen molar-refractivity contribution >= 4 is 23.6 Å². The van der Waals surface area contributed by atoms with E-state index in [1.165, 1.54) is 62.4 Å². The molecule has 0 radical (unpaired) electrons. The highest BCUT2D eigenvalue weighted by Crippen LogP contribution is 2.31. The number of halogens is 1. The summed E-state index contributed by atoms with van der Waals surface area (Å²) in [6, 6.07) is 6.60. The summed E-state index contributed by atoms with van der Waals surface area (Å²) in [6.45, 7) is 0.126. The van der Waals surface area contributed by atoms with Crippen LogP contribution in [-0.2, 0) is 18.4 Å². The van der Waals surface area contributed by atoms with Crippen LogP contribution in [0.2, 0.25) is 0 Å².